The highest BCUT2D eigenvalue weighted by Gasteiger charge is 2.61. The van der Waals surface area contributed by atoms with Crippen LogP contribution in [0.25, 0.3) is 11.1 Å². The molecular weight excluding hydrogens is 486 g/mol. The summed E-state index contributed by atoms with van der Waals surface area (Å²) in [5.74, 6) is -0.524. The van der Waals surface area contributed by atoms with E-state index in [2.05, 4.69) is 10.0 Å². The van der Waals surface area contributed by atoms with Crippen molar-refractivity contribution in [1.82, 2.24) is 14.9 Å². The maximum Gasteiger partial charge on any atom is 0.318 e. The predicted octanol–water partition coefficient (Wildman–Crippen LogP) is 4.08. The molecule has 0 radical (unpaired) electrons. The molecule has 35 heavy (non-hydrogen) atoms. The molecule has 2 aromatic carbocycles. The number of benzene rings is 2. The second-order valence-corrected chi connectivity index (χ2v) is 11.0. The number of urea groups is 1. The summed E-state index contributed by atoms with van der Waals surface area (Å²) in [5.41, 5.74) is 0.571. The zero-order valence-corrected chi connectivity index (χ0v) is 19.9. The van der Waals surface area contributed by atoms with Crippen LogP contribution in [0.1, 0.15) is 25.3 Å². The molecule has 0 aromatic heterocycles. The Kier molecular flexibility index (Phi) is 7.10. The standard InChI is InChI=1S/C24H27F4N3O3S/c1-15(22(27)28)29-23(32)31-13-24(10-11-24)21(30-35(33,34)14-25)19(31)12-17-8-5-9-18(20(17)26)16-6-3-2-4-7-16/h2-9,15,19,21-22,30H,10-14H2,1H3,(H,29,32)/t15-,19+,21-/m1/s1. The van der Waals surface area contributed by atoms with Gasteiger partial charge in [0.25, 0.3) is 6.43 Å². The molecule has 1 spiro atoms. The van der Waals surface area contributed by atoms with E-state index >= 15 is 4.39 Å². The van der Waals surface area contributed by atoms with E-state index in [1.54, 1.807) is 42.5 Å². The molecule has 1 saturated heterocycles. The number of halogens is 4. The number of hydrogen-bond acceptors (Lipinski definition) is 3. The average molecular weight is 514 g/mol. The van der Waals surface area contributed by atoms with Gasteiger partial charge in [-0.1, -0.05) is 48.5 Å². The summed E-state index contributed by atoms with van der Waals surface area (Å²) in [7, 11) is -4.29. The Morgan fingerprint density at radius 1 is 1.14 bits per heavy atom. The summed E-state index contributed by atoms with van der Waals surface area (Å²) in [4.78, 5) is 14.3. The largest absolute Gasteiger partial charge is 0.330 e. The fraction of sp³-hybridized carbons (Fsp3) is 0.458. The predicted molar refractivity (Wildman–Crippen MR) is 124 cm³/mol. The van der Waals surface area contributed by atoms with E-state index in [0.29, 0.717) is 24.0 Å². The number of alkyl halides is 3. The minimum atomic E-state index is -4.29. The molecule has 0 bridgehead atoms. The van der Waals surface area contributed by atoms with Gasteiger partial charge < -0.3 is 10.2 Å². The molecule has 1 heterocycles. The summed E-state index contributed by atoms with van der Waals surface area (Å²) in [5, 5.41) is 2.24. The van der Waals surface area contributed by atoms with E-state index in [1.807, 2.05) is 0 Å². The van der Waals surface area contributed by atoms with Crippen molar-refractivity contribution in [2.75, 3.05) is 12.6 Å². The summed E-state index contributed by atoms with van der Waals surface area (Å²) in [6.07, 6.45) is -1.73. The minimum Gasteiger partial charge on any atom is -0.330 e. The molecule has 2 amide bonds. The van der Waals surface area contributed by atoms with Crippen LogP contribution in [0.15, 0.2) is 48.5 Å². The molecule has 4 rings (SSSR count). The van der Waals surface area contributed by atoms with Crippen LogP contribution in [0.5, 0.6) is 0 Å². The van der Waals surface area contributed by atoms with Gasteiger partial charge in [0.05, 0.1) is 12.1 Å². The van der Waals surface area contributed by atoms with Gasteiger partial charge in [-0.25, -0.2) is 35.5 Å². The van der Waals surface area contributed by atoms with E-state index in [4.69, 9.17) is 0 Å². The third-order valence-electron chi connectivity index (χ3n) is 6.85. The number of carbonyl (C=O) groups is 1. The van der Waals surface area contributed by atoms with Crippen LogP contribution < -0.4 is 10.0 Å². The molecule has 190 valence electrons. The third kappa shape index (κ3) is 5.30. The first kappa shape index (κ1) is 25.4. The third-order valence-corrected chi connectivity index (χ3v) is 7.76. The fourth-order valence-corrected chi connectivity index (χ4v) is 5.65. The first-order valence-electron chi connectivity index (χ1n) is 11.3. The van der Waals surface area contributed by atoms with Gasteiger partial charge >= 0.3 is 6.03 Å². The van der Waals surface area contributed by atoms with Crippen molar-refractivity contribution in [3.63, 3.8) is 0 Å². The Morgan fingerprint density at radius 2 is 1.83 bits per heavy atom. The molecule has 11 heteroatoms. The monoisotopic (exact) mass is 513 g/mol. The number of hydrogen-bond donors (Lipinski definition) is 2. The quantitative estimate of drug-likeness (QED) is 0.523. The maximum atomic E-state index is 15.6. The van der Waals surface area contributed by atoms with Gasteiger partial charge in [-0.3, -0.25) is 0 Å². The Bertz CT molecular complexity index is 1180. The van der Waals surface area contributed by atoms with Gasteiger partial charge in [0, 0.05) is 23.6 Å². The van der Waals surface area contributed by atoms with Gasteiger partial charge in [-0.15, -0.1) is 0 Å². The molecular formula is C24H27F4N3O3S. The van der Waals surface area contributed by atoms with Gasteiger partial charge in [-0.2, -0.15) is 0 Å². The second kappa shape index (κ2) is 9.77. The van der Waals surface area contributed by atoms with Crippen molar-refractivity contribution in [2.24, 2.45) is 5.41 Å². The lowest BCUT2D eigenvalue weighted by Gasteiger charge is -2.30. The van der Waals surface area contributed by atoms with Crippen LogP contribution in [0, 0.1) is 11.2 Å². The van der Waals surface area contributed by atoms with E-state index in [9.17, 15) is 26.4 Å². The number of carbonyl (C=O) groups excluding carboxylic acids is 1. The average Bonchev–Trinajstić information content (AvgIpc) is 3.56. The van der Waals surface area contributed by atoms with Gasteiger partial charge in [0.15, 0.2) is 0 Å². The molecule has 0 unspecified atom stereocenters. The van der Waals surface area contributed by atoms with Crippen molar-refractivity contribution in [1.29, 1.82) is 0 Å². The van der Waals surface area contributed by atoms with Crippen molar-refractivity contribution >= 4 is 16.1 Å². The molecule has 1 saturated carbocycles. The Labute approximate surface area is 201 Å². The van der Waals surface area contributed by atoms with Crippen LogP contribution in [-0.4, -0.2) is 56.5 Å². The van der Waals surface area contributed by atoms with Crippen LogP contribution in [0.3, 0.4) is 0 Å². The molecule has 2 aliphatic rings. The highest BCUT2D eigenvalue weighted by molar-refractivity contribution is 7.89. The van der Waals surface area contributed by atoms with Crippen molar-refractivity contribution < 1.29 is 30.8 Å². The highest BCUT2D eigenvalue weighted by atomic mass is 32.2. The van der Waals surface area contributed by atoms with E-state index in [0.717, 1.165) is 6.92 Å². The normalized spacial score (nSPS) is 21.9. The fourth-order valence-electron chi connectivity index (χ4n) is 4.80. The van der Waals surface area contributed by atoms with Crippen LogP contribution >= 0.6 is 0 Å². The molecule has 1 aliphatic heterocycles. The summed E-state index contributed by atoms with van der Waals surface area (Å²) >= 11 is 0. The number of likely N-dealkylation sites (tertiary alicyclic amines) is 1. The molecule has 6 nitrogen and oxygen atoms in total. The number of amides is 2. The summed E-state index contributed by atoms with van der Waals surface area (Å²) < 4.78 is 81.5. The molecule has 2 N–H and O–H groups in total. The molecule has 2 fully saturated rings. The number of nitrogens with one attached hydrogen (secondary N) is 2. The zero-order valence-electron chi connectivity index (χ0n) is 19.1. The van der Waals surface area contributed by atoms with Gasteiger partial charge in [-0.05, 0) is 37.3 Å². The lowest BCUT2D eigenvalue weighted by Crippen LogP contribution is -2.53. The van der Waals surface area contributed by atoms with Crippen LogP contribution in [-0.2, 0) is 16.4 Å². The van der Waals surface area contributed by atoms with E-state index in [1.165, 1.54) is 11.0 Å². The van der Waals surface area contributed by atoms with Crippen molar-refractivity contribution in [3.8, 4) is 11.1 Å². The number of sulfonamides is 1. The summed E-state index contributed by atoms with van der Waals surface area (Å²) in [6.45, 7) is 1.26. The lowest BCUT2D eigenvalue weighted by atomic mass is 9.91. The number of nitrogens with zero attached hydrogens (tertiary/aromatic N) is 1. The van der Waals surface area contributed by atoms with Gasteiger partial charge in [0.1, 0.15) is 5.82 Å². The Balaban J connectivity index is 1.69. The second-order valence-electron chi connectivity index (χ2n) is 9.30. The smallest absolute Gasteiger partial charge is 0.318 e. The SMILES string of the molecule is C[C@@H](NC(=O)N1CC2(CC2)[C@H](NS(=O)(=O)CF)[C@@H]1Cc1cccc(-c2ccccc2)c1F)C(F)F. The number of rotatable bonds is 8. The first-order valence-corrected chi connectivity index (χ1v) is 13.0. The van der Waals surface area contributed by atoms with Crippen molar-refractivity contribution in [2.45, 2.75) is 50.7 Å². The molecule has 1 aliphatic carbocycles. The van der Waals surface area contributed by atoms with Crippen LogP contribution in [0.2, 0.25) is 0 Å². The lowest BCUT2D eigenvalue weighted by molar-refractivity contribution is 0.102. The highest BCUT2D eigenvalue weighted by Crippen LogP contribution is 2.55. The Morgan fingerprint density at radius 3 is 2.43 bits per heavy atom. The van der Waals surface area contributed by atoms with E-state index < -0.39 is 57.8 Å². The topological polar surface area (TPSA) is 78.5 Å². The van der Waals surface area contributed by atoms with Crippen molar-refractivity contribution in [3.05, 3.63) is 59.9 Å². The first-order chi connectivity index (χ1) is 16.6. The summed E-state index contributed by atoms with van der Waals surface area (Å²) in [6, 6.07) is 8.01. The molecule has 3 atom stereocenters. The molecule has 2 aromatic rings. The van der Waals surface area contributed by atoms with Gasteiger partial charge in [0.2, 0.25) is 16.0 Å². The minimum absolute atomic E-state index is 0.0792. The van der Waals surface area contributed by atoms with E-state index in [-0.39, 0.29) is 18.5 Å². The van der Waals surface area contributed by atoms with Crippen LogP contribution in [0.4, 0.5) is 22.4 Å². The zero-order chi connectivity index (χ0) is 25.4. The Hall–Kier alpha value is -2.66. The maximum absolute atomic E-state index is 15.6.